The third-order valence-corrected chi connectivity index (χ3v) is 4.34. The summed E-state index contributed by atoms with van der Waals surface area (Å²) >= 11 is 1.64. The zero-order valence-corrected chi connectivity index (χ0v) is 11.4. The quantitative estimate of drug-likeness (QED) is 0.863. The highest BCUT2D eigenvalue weighted by Gasteiger charge is 2.33. The van der Waals surface area contributed by atoms with Crippen LogP contribution < -0.4 is 0 Å². The van der Waals surface area contributed by atoms with E-state index in [0.717, 1.165) is 17.1 Å². The van der Waals surface area contributed by atoms with E-state index in [1.165, 1.54) is 0 Å². The van der Waals surface area contributed by atoms with Crippen LogP contribution in [0, 0.1) is 6.92 Å². The third kappa shape index (κ3) is 2.51. The standard InChI is InChI=1S/C14H14N2O2S/c1-10-2-3-12(18-10)8-16-13(17)9-19-14(16)11-4-6-15-7-5-11/h2-7,14H,8-9H2,1H3. The molecule has 1 fully saturated rings. The molecule has 0 bridgehead atoms. The minimum absolute atomic E-state index is 0.0564. The van der Waals surface area contributed by atoms with Crippen LogP contribution in [0.5, 0.6) is 0 Å². The van der Waals surface area contributed by atoms with E-state index in [1.54, 1.807) is 24.2 Å². The zero-order valence-electron chi connectivity index (χ0n) is 10.6. The lowest BCUT2D eigenvalue weighted by molar-refractivity contribution is -0.128. The Kier molecular flexibility index (Phi) is 3.29. The van der Waals surface area contributed by atoms with Crippen molar-refractivity contribution in [3.8, 4) is 0 Å². The molecule has 2 aromatic heterocycles. The smallest absolute Gasteiger partial charge is 0.234 e. The number of aromatic nitrogens is 1. The molecule has 1 aliphatic heterocycles. The fourth-order valence-electron chi connectivity index (χ4n) is 2.17. The van der Waals surface area contributed by atoms with Crippen LogP contribution in [0.1, 0.15) is 22.5 Å². The Morgan fingerprint density at radius 2 is 2.16 bits per heavy atom. The van der Waals surface area contributed by atoms with Crippen molar-refractivity contribution in [1.29, 1.82) is 0 Å². The highest BCUT2D eigenvalue weighted by molar-refractivity contribution is 8.00. The molecule has 1 amide bonds. The van der Waals surface area contributed by atoms with Gasteiger partial charge in [0, 0.05) is 12.4 Å². The number of hydrogen-bond acceptors (Lipinski definition) is 4. The van der Waals surface area contributed by atoms with Crippen molar-refractivity contribution >= 4 is 17.7 Å². The second-order valence-electron chi connectivity index (χ2n) is 4.48. The van der Waals surface area contributed by atoms with Gasteiger partial charge >= 0.3 is 0 Å². The average molecular weight is 274 g/mol. The molecule has 0 saturated carbocycles. The molecule has 3 rings (SSSR count). The van der Waals surface area contributed by atoms with E-state index >= 15 is 0 Å². The molecule has 0 radical (unpaired) electrons. The van der Waals surface area contributed by atoms with Crippen LogP contribution in [-0.2, 0) is 11.3 Å². The summed E-state index contributed by atoms with van der Waals surface area (Å²) in [5.41, 5.74) is 1.11. The number of carbonyl (C=O) groups excluding carboxylic acids is 1. The fourth-order valence-corrected chi connectivity index (χ4v) is 3.36. The Morgan fingerprint density at radius 3 is 2.84 bits per heavy atom. The third-order valence-electron chi connectivity index (χ3n) is 3.08. The van der Waals surface area contributed by atoms with Gasteiger partial charge in [0.25, 0.3) is 0 Å². The number of pyridine rings is 1. The minimum atomic E-state index is 0.0564. The number of rotatable bonds is 3. The van der Waals surface area contributed by atoms with Gasteiger partial charge in [-0.25, -0.2) is 0 Å². The van der Waals surface area contributed by atoms with Gasteiger partial charge in [0.1, 0.15) is 16.9 Å². The lowest BCUT2D eigenvalue weighted by atomic mass is 10.2. The summed E-state index contributed by atoms with van der Waals surface area (Å²) in [6.45, 7) is 2.43. The molecule has 2 aromatic rings. The van der Waals surface area contributed by atoms with Gasteiger partial charge in [-0.05, 0) is 36.8 Å². The predicted octanol–water partition coefficient (Wildman–Crippen LogP) is 2.76. The molecule has 5 heteroatoms. The van der Waals surface area contributed by atoms with Gasteiger partial charge in [-0.2, -0.15) is 0 Å². The van der Waals surface area contributed by atoms with Gasteiger partial charge in [-0.3, -0.25) is 9.78 Å². The summed E-state index contributed by atoms with van der Waals surface area (Å²) in [6.07, 6.45) is 3.52. The number of nitrogens with zero attached hydrogens (tertiary/aromatic N) is 2. The summed E-state index contributed by atoms with van der Waals surface area (Å²) in [4.78, 5) is 17.9. The summed E-state index contributed by atoms with van der Waals surface area (Å²) in [7, 11) is 0. The molecule has 4 nitrogen and oxygen atoms in total. The van der Waals surface area contributed by atoms with Crippen molar-refractivity contribution < 1.29 is 9.21 Å². The van der Waals surface area contributed by atoms with Crippen LogP contribution in [0.2, 0.25) is 0 Å². The van der Waals surface area contributed by atoms with Gasteiger partial charge in [0.05, 0.1) is 12.3 Å². The second-order valence-corrected chi connectivity index (χ2v) is 5.55. The van der Waals surface area contributed by atoms with E-state index in [-0.39, 0.29) is 11.3 Å². The lowest BCUT2D eigenvalue weighted by Crippen LogP contribution is -2.27. The number of thioether (sulfide) groups is 1. The first-order valence-electron chi connectivity index (χ1n) is 6.10. The molecule has 0 aliphatic carbocycles. The largest absolute Gasteiger partial charge is 0.464 e. The molecule has 0 aromatic carbocycles. The van der Waals surface area contributed by atoms with Crippen molar-refractivity contribution in [2.24, 2.45) is 0 Å². The van der Waals surface area contributed by atoms with Gasteiger partial charge < -0.3 is 9.32 Å². The first kappa shape index (κ1) is 12.3. The Labute approximate surface area is 115 Å². The molecule has 98 valence electrons. The van der Waals surface area contributed by atoms with Crippen LogP contribution in [0.3, 0.4) is 0 Å². The summed E-state index contributed by atoms with van der Waals surface area (Å²) in [5.74, 6) is 2.37. The van der Waals surface area contributed by atoms with Gasteiger partial charge in [0.15, 0.2) is 0 Å². The molecular formula is C14H14N2O2S. The van der Waals surface area contributed by atoms with Crippen LogP contribution in [0.15, 0.2) is 41.1 Å². The molecule has 0 spiro atoms. The van der Waals surface area contributed by atoms with E-state index in [2.05, 4.69) is 4.98 Å². The SMILES string of the molecule is Cc1ccc(CN2C(=O)CSC2c2ccncc2)o1. The van der Waals surface area contributed by atoms with Crippen LogP contribution in [-0.4, -0.2) is 21.5 Å². The van der Waals surface area contributed by atoms with Crippen molar-refractivity contribution in [2.45, 2.75) is 18.8 Å². The Morgan fingerprint density at radius 1 is 1.37 bits per heavy atom. The van der Waals surface area contributed by atoms with Crippen LogP contribution >= 0.6 is 11.8 Å². The number of carbonyl (C=O) groups is 1. The molecule has 1 aliphatic rings. The summed E-state index contributed by atoms with van der Waals surface area (Å²) in [5, 5.41) is 0.0564. The number of furan rings is 1. The normalized spacial score (nSPS) is 19.1. The van der Waals surface area contributed by atoms with Gasteiger partial charge in [-0.15, -0.1) is 11.8 Å². The monoisotopic (exact) mass is 274 g/mol. The first-order chi connectivity index (χ1) is 9.24. The number of aryl methyl sites for hydroxylation is 1. The lowest BCUT2D eigenvalue weighted by Gasteiger charge is -2.23. The van der Waals surface area contributed by atoms with Crippen molar-refractivity contribution in [3.63, 3.8) is 0 Å². The zero-order chi connectivity index (χ0) is 13.2. The van der Waals surface area contributed by atoms with Crippen molar-refractivity contribution in [1.82, 2.24) is 9.88 Å². The van der Waals surface area contributed by atoms with Crippen LogP contribution in [0.4, 0.5) is 0 Å². The Hall–Kier alpha value is -1.75. The Balaban J connectivity index is 1.83. The minimum Gasteiger partial charge on any atom is -0.464 e. The van der Waals surface area contributed by atoms with Crippen molar-refractivity contribution in [2.75, 3.05) is 5.75 Å². The van der Waals surface area contributed by atoms with E-state index < -0.39 is 0 Å². The Bertz CT molecular complexity index is 582. The molecule has 3 heterocycles. The van der Waals surface area contributed by atoms with E-state index in [1.807, 2.05) is 36.1 Å². The first-order valence-corrected chi connectivity index (χ1v) is 7.15. The average Bonchev–Trinajstić information content (AvgIpc) is 2.99. The topological polar surface area (TPSA) is 46.3 Å². The van der Waals surface area contributed by atoms with Crippen LogP contribution in [0.25, 0.3) is 0 Å². The molecule has 19 heavy (non-hydrogen) atoms. The maximum absolute atomic E-state index is 12.0. The van der Waals surface area contributed by atoms with Gasteiger partial charge in [-0.1, -0.05) is 0 Å². The molecule has 1 saturated heterocycles. The summed E-state index contributed by atoms with van der Waals surface area (Å²) in [6, 6.07) is 7.76. The van der Waals surface area contributed by atoms with E-state index in [4.69, 9.17) is 4.42 Å². The number of hydrogen-bond donors (Lipinski definition) is 0. The fraction of sp³-hybridized carbons (Fsp3) is 0.286. The highest BCUT2D eigenvalue weighted by atomic mass is 32.2. The second kappa shape index (κ2) is 5.09. The predicted molar refractivity (Wildman–Crippen MR) is 73.4 cm³/mol. The number of amides is 1. The van der Waals surface area contributed by atoms with E-state index in [0.29, 0.717) is 12.3 Å². The van der Waals surface area contributed by atoms with E-state index in [9.17, 15) is 4.79 Å². The molecule has 1 unspecified atom stereocenters. The maximum Gasteiger partial charge on any atom is 0.234 e. The van der Waals surface area contributed by atoms with Gasteiger partial charge in [0.2, 0.25) is 5.91 Å². The summed E-state index contributed by atoms with van der Waals surface area (Å²) < 4.78 is 5.56. The molecule has 1 atom stereocenters. The van der Waals surface area contributed by atoms with Crippen molar-refractivity contribution in [3.05, 3.63) is 53.7 Å². The highest BCUT2D eigenvalue weighted by Crippen LogP contribution is 2.39. The maximum atomic E-state index is 12.0. The molecule has 0 N–H and O–H groups in total. The molecular weight excluding hydrogens is 260 g/mol.